The summed E-state index contributed by atoms with van der Waals surface area (Å²) in [5, 5.41) is 0. The molecule has 0 heteroatoms. The molecule has 0 amide bonds. The van der Waals surface area contributed by atoms with E-state index in [1.165, 1.54) is 77.0 Å². The summed E-state index contributed by atoms with van der Waals surface area (Å²) in [6.07, 6.45) is 21.6. The van der Waals surface area contributed by atoms with Crippen LogP contribution < -0.4 is 0 Å². The predicted molar refractivity (Wildman–Crippen MR) is 132 cm³/mol. The number of hydrogen-bond donors (Lipinski definition) is 0. The molecule has 0 nitrogen and oxygen atoms in total. The van der Waals surface area contributed by atoms with Crippen LogP contribution in [0.25, 0.3) is 0 Å². The first-order chi connectivity index (χ1) is 14.2. The molecule has 4 fully saturated rings. The summed E-state index contributed by atoms with van der Waals surface area (Å²) >= 11 is 0. The van der Waals surface area contributed by atoms with E-state index in [1.54, 1.807) is 12.0 Å². The zero-order chi connectivity index (χ0) is 21.8. The molecule has 0 radical (unpaired) electrons. The van der Waals surface area contributed by atoms with Crippen LogP contribution in [-0.4, -0.2) is 0 Å². The summed E-state index contributed by atoms with van der Waals surface area (Å²) in [4.78, 5) is 0. The highest BCUT2D eigenvalue weighted by Gasteiger charge is 2.62. The third-order valence-electron chi connectivity index (χ3n) is 12.2. The lowest BCUT2D eigenvalue weighted by Gasteiger charge is -2.66. The van der Waals surface area contributed by atoms with Gasteiger partial charge in [0.05, 0.1) is 0 Å². The minimum absolute atomic E-state index is 0.555. The Hall–Kier alpha value is -0.260. The second kappa shape index (κ2) is 7.95. The van der Waals surface area contributed by atoms with Crippen molar-refractivity contribution in [2.45, 2.75) is 132 Å². The summed E-state index contributed by atoms with van der Waals surface area (Å²) in [7, 11) is 0. The molecule has 0 heterocycles. The van der Waals surface area contributed by atoms with Crippen LogP contribution in [0.4, 0.5) is 0 Å². The Kier molecular flexibility index (Phi) is 6.07. The van der Waals surface area contributed by atoms with Gasteiger partial charge >= 0.3 is 0 Å². The molecule has 7 atom stereocenters. The maximum atomic E-state index is 2.79. The average Bonchev–Trinajstić information content (AvgIpc) is 2.83. The second-order valence-corrected chi connectivity index (χ2v) is 13.4. The molecule has 4 aliphatic carbocycles. The lowest BCUT2D eigenvalue weighted by atomic mass is 9.39. The molecule has 0 aromatic heterocycles. The highest BCUT2D eigenvalue weighted by atomic mass is 14.7. The van der Waals surface area contributed by atoms with Gasteiger partial charge in [-0.15, -0.1) is 0 Å². The van der Waals surface area contributed by atoms with Crippen LogP contribution in [0.1, 0.15) is 132 Å². The third kappa shape index (κ3) is 3.28. The average molecular weight is 413 g/mol. The highest BCUT2D eigenvalue weighted by Crippen LogP contribution is 2.71. The van der Waals surface area contributed by atoms with Crippen LogP contribution >= 0.6 is 0 Å². The van der Waals surface area contributed by atoms with Gasteiger partial charge in [0.1, 0.15) is 0 Å². The Labute approximate surface area is 189 Å². The molecular formula is C30H52. The van der Waals surface area contributed by atoms with E-state index in [9.17, 15) is 0 Å². The van der Waals surface area contributed by atoms with Gasteiger partial charge in [0, 0.05) is 0 Å². The van der Waals surface area contributed by atoms with E-state index >= 15 is 0 Å². The van der Waals surface area contributed by atoms with Gasteiger partial charge in [0.2, 0.25) is 0 Å². The number of hydrogen-bond acceptors (Lipinski definition) is 0. The Bertz CT molecular complexity index is 655. The van der Waals surface area contributed by atoms with Crippen molar-refractivity contribution >= 4 is 0 Å². The van der Waals surface area contributed by atoms with Crippen molar-refractivity contribution in [2.24, 2.45) is 45.3 Å². The van der Waals surface area contributed by atoms with Crippen molar-refractivity contribution in [2.75, 3.05) is 0 Å². The first-order valence-electron chi connectivity index (χ1n) is 13.8. The maximum absolute atomic E-state index is 2.79. The number of rotatable bonds is 3. The topological polar surface area (TPSA) is 0 Å². The van der Waals surface area contributed by atoms with E-state index in [0.29, 0.717) is 21.7 Å². The van der Waals surface area contributed by atoms with Crippen LogP contribution in [0.2, 0.25) is 0 Å². The summed E-state index contributed by atoms with van der Waals surface area (Å²) in [6, 6.07) is 0. The van der Waals surface area contributed by atoms with E-state index in [1.807, 2.05) is 0 Å². The summed E-state index contributed by atoms with van der Waals surface area (Å²) < 4.78 is 0. The molecule has 4 rings (SSSR count). The van der Waals surface area contributed by atoms with Gasteiger partial charge in [-0.05, 0) is 129 Å². The molecule has 4 saturated carbocycles. The first kappa shape index (κ1) is 22.9. The predicted octanol–water partition coefficient (Wildman–Crippen LogP) is 9.59. The van der Waals surface area contributed by atoms with Crippen molar-refractivity contribution in [3.8, 4) is 0 Å². The van der Waals surface area contributed by atoms with Crippen molar-refractivity contribution in [3.05, 3.63) is 11.6 Å². The van der Waals surface area contributed by atoms with E-state index < -0.39 is 0 Å². The zero-order valence-corrected chi connectivity index (χ0v) is 21.6. The van der Waals surface area contributed by atoms with Gasteiger partial charge in [-0.3, -0.25) is 0 Å². The maximum Gasteiger partial charge on any atom is -0.0147 e. The number of fused-ring (bicyclic) bond motifs is 5. The third-order valence-corrected chi connectivity index (χ3v) is 12.2. The van der Waals surface area contributed by atoms with Gasteiger partial charge < -0.3 is 0 Å². The van der Waals surface area contributed by atoms with Crippen molar-refractivity contribution < 1.29 is 0 Å². The standard InChI is InChI=1S/C30H52/c1-8-22(9-2)24-12-11-13-25-23-14-17-30(10-3)21-19-27(4,5)18-20-29(30,7)26(23)15-16-28(24,25)6/h8,23-26H,9-21H2,1-7H3/b22-8+/t23-,24?,25-,26-,28+,29+,30?/m0/s1. The number of allylic oxidation sites excluding steroid dienone is 2. The monoisotopic (exact) mass is 412 g/mol. The van der Waals surface area contributed by atoms with E-state index in [0.717, 1.165) is 23.7 Å². The Morgan fingerprint density at radius 3 is 2.20 bits per heavy atom. The van der Waals surface area contributed by atoms with Crippen LogP contribution in [0.15, 0.2) is 11.6 Å². The quantitative estimate of drug-likeness (QED) is 0.405. The Morgan fingerprint density at radius 1 is 0.800 bits per heavy atom. The van der Waals surface area contributed by atoms with E-state index in [-0.39, 0.29) is 0 Å². The fourth-order valence-electron chi connectivity index (χ4n) is 9.98. The normalized spacial score (nSPS) is 48.8. The second-order valence-electron chi connectivity index (χ2n) is 13.4. The molecule has 0 saturated heterocycles. The van der Waals surface area contributed by atoms with E-state index in [2.05, 4.69) is 54.5 Å². The molecule has 0 bridgehead atoms. The van der Waals surface area contributed by atoms with Crippen LogP contribution in [-0.2, 0) is 0 Å². The van der Waals surface area contributed by atoms with Gasteiger partial charge in [0.15, 0.2) is 0 Å². The van der Waals surface area contributed by atoms with Gasteiger partial charge in [-0.2, -0.15) is 0 Å². The lowest BCUT2D eigenvalue weighted by Crippen LogP contribution is -2.58. The van der Waals surface area contributed by atoms with Crippen molar-refractivity contribution in [1.82, 2.24) is 0 Å². The summed E-state index contributed by atoms with van der Waals surface area (Å²) in [6.45, 7) is 17.9. The molecule has 0 aliphatic heterocycles. The summed E-state index contributed by atoms with van der Waals surface area (Å²) in [5.74, 6) is 3.85. The Morgan fingerprint density at radius 2 is 1.53 bits per heavy atom. The molecule has 172 valence electrons. The molecule has 0 N–H and O–H groups in total. The summed E-state index contributed by atoms with van der Waals surface area (Å²) in [5.41, 5.74) is 4.12. The minimum atomic E-state index is 0.555. The Balaban J connectivity index is 1.68. The van der Waals surface area contributed by atoms with Gasteiger partial charge in [-0.1, -0.05) is 59.6 Å². The fourth-order valence-corrected chi connectivity index (χ4v) is 9.98. The molecule has 30 heavy (non-hydrogen) atoms. The van der Waals surface area contributed by atoms with Crippen LogP contribution in [0.5, 0.6) is 0 Å². The van der Waals surface area contributed by atoms with Crippen LogP contribution in [0.3, 0.4) is 0 Å². The highest BCUT2D eigenvalue weighted by molar-refractivity contribution is 5.17. The lowest BCUT2D eigenvalue weighted by molar-refractivity contribution is -0.163. The molecule has 0 aromatic carbocycles. The van der Waals surface area contributed by atoms with Gasteiger partial charge in [-0.25, -0.2) is 0 Å². The van der Waals surface area contributed by atoms with E-state index in [4.69, 9.17) is 0 Å². The van der Waals surface area contributed by atoms with Crippen LogP contribution in [0, 0.1) is 45.3 Å². The molecule has 2 unspecified atom stereocenters. The first-order valence-corrected chi connectivity index (χ1v) is 13.8. The zero-order valence-electron chi connectivity index (χ0n) is 21.6. The molecule has 0 aromatic rings. The van der Waals surface area contributed by atoms with Gasteiger partial charge in [0.25, 0.3) is 0 Å². The molecule has 4 aliphatic rings. The molecule has 0 spiro atoms. The fraction of sp³-hybridized carbons (Fsp3) is 0.933. The van der Waals surface area contributed by atoms with Crippen molar-refractivity contribution in [1.29, 1.82) is 0 Å². The minimum Gasteiger partial charge on any atom is -0.0882 e. The van der Waals surface area contributed by atoms with Crippen molar-refractivity contribution in [3.63, 3.8) is 0 Å². The SMILES string of the molecule is C/C=C(\CC)C1CCC[C@H]2[C@@H]3CCC4(CC)CCC(C)(C)CC[C@]4(C)[C@H]3CC[C@]12C. The largest absolute Gasteiger partial charge is 0.0882 e. The smallest absolute Gasteiger partial charge is 0.0147 e. The molecular weight excluding hydrogens is 360 g/mol.